The Labute approximate surface area is 172 Å². The van der Waals surface area contributed by atoms with E-state index in [4.69, 9.17) is 25.8 Å². The number of rotatable bonds is 7. The number of amides is 1. The minimum absolute atomic E-state index is 0.147. The molecule has 1 amide bonds. The highest BCUT2D eigenvalue weighted by Gasteiger charge is 2.19. The van der Waals surface area contributed by atoms with Crippen LogP contribution in [0.25, 0.3) is 0 Å². The third kappa shape index (κ3) is 5.81. The summed E-state index contributed by atoms with van der Waals surface area (Å²) in [6, 6.07) is 12.6. The minimum Gasteiger partial charge on any atom is -0.486 e. The molecule has 0 spiro atoms. The third-order valence-electron chi connectivity index (χ3n) is 3.86. The second kappa shape index (κ2) is 9.71. The van der Waals surface area contributed by atoms with Crippen molar-refractivity contribution in [2.75, 3.05) is 24.3 Å². The lowest BCUT2D eigenvalue weighted by Crippen LogP contribution is -2.30. The maximum atomic E-state index is 12.3. The second-order valence-electron chi connectivity index (χ2n) is 6.10. The van der Waals surface area contributed by atoms with Crippen LogP contribution < -0.4 is 14.8 Å². The molecule has 6 nitrogen and oxygen atoms in total. The summed E-state index contributed by atoms with van der Waals surface area (Å²) in [7, 11) is 0. The van der Waals surface area contributed by atoms with Crippen molar-refractivity contribution in [3.63, 3.8) is 0 Å². The number of anilines is 1. The minimum atomic E-state index is -0.910. The Morgan fingerprint density at radius 1 is 1.18 bits per heavy atom. The Balaban J connectivity index is 1.43. The summed E-state index contributed by atoms with van der Waals surface area (Å²) < 4.78 is 16.1. The number of fused-ring (bicyclic) bond motifs is 1. The summed E-state index contributed by atoms with van der Waals surface area (Å²) >= 11 is 7.34. The SMILES string of the molecule is CC(OC(=O)CSCc1cccc(Cl)c1)C(=O)Nc1ccc2c(c1)OCCO2. The summed E-state index contributed by atoms with van der Waals surface area (Å²) in [5, 5.41) is 3.37. The Morgan fingerprint density at radius 2 is 1.96 bits per heavy atom. The van der Waals surface area contributed by atoms with Gasteiger partial charge in [0, 0.05) is 22.5 Å². The number of thioether (sulfide) groups is 1. The maximum absolute atomic E-state index is 12.3. The molecule has 1 N–H and O–H groups in total. The number of ether oxygens (including phenoxy) is 3. The zero-order valence-electron chi connectivity index (χ0n) is 15.3. The standard InChI is InChI=1S/C20H20ClNO5S/c1-13(27-19(23)12-28-11-14-3-2-4-15(21)9-14)20(24)22-16-5-6-17-18(10-16)26-8-7-25-17/h2-6,9-10,13H,7-8,11-12H2,1H3,(H,22,24). The molecule has 1 aliphatic heterocycles. The first kappa shape index (κ1) is 20.4. The number of hydrogen-bond acceptors (Lipinski definition) is 6. The topological polar surface area (TPSA) is 73.9 Å². The lowest BCUT2D eigenvalue weighted by molar-refractivity contribution is -0.150. The Bertz CT molecular complexity index is 860. The number of benzene rings is 2. The third-order valence-corrected chi connectivity index (χ3v) is 5.08. The molecule has 1 atom stereocenters. The molecule has 2 aromatic carbocycles. The molecule has 1 heterocycles. The van der Waals surface area contributed by atoms with Crippen molar-refractivity contribution in [2.24, 2.45) is 0 Å². The lowest BCUT2D eigenvalue weighted by Gasteiger charge is -2.19. The molecule has 0 aliphatic carbocycles. The van der Waals surface area contributed by atoms with Gasteiger partial charge in [-0.1, -0.05) is 23.7 Å². The van der Waals surface area contributed by atoms with Crippen LogP contribution in [0.1, 0.15) is 12.5 Å². The van der Waals surface area contributed by atoms with E-state index in [9.17, 15) is 9.59 Å². The van der Waals surface area contributed by atoms with Crippen LogP contribution in [0.4, 0.5) is 5.69 Å². The van der Waals surface area contributed by atoms with E-state index in [1.165, 1.54) is 18.7 Å². The van der Waals surface area contributed by atoms with E-state index in [1.54, 1.807) is 24.3 Å². The van der Waals surface area contributed by atoms with Crippen molar-refractivity contribution in [3.8, 4) is 11.5 Å². The predicted molar refractivity (Wildman–Crippen MR) is 109 cm³/mol. The fourth-order valence-electron chi connectivity index (χ4n) is 2.53. The first-order chi connectivity index (χ1) is 13.5. The van der Waals surface area contributed by atoms with Crippen molar-refractivity contribution in [1.29, 1.82) is 0 Å². The van der Waals surface area contributed by atoms with Crippen LogP contribution >= 0.6 is 23.4 Å². The van der Waals surface area contributed by atoms with Crippen LogP contribution in [0.3, 0.4) is 0 Å². The molecular weight excluding hydrogens is 402 g/mol. The molecule has 0 radical (unpaired) electrons. The molecule has 3 rings (SSSR count). The smallest absolute Gasteiger partial charge is 0.316 e. The van der Waals surface area contributed by atoms with Crippen molar-refractivity contribution < 1.29 is 23.8 Å². The van der Waals surface area contributed by atoms with Crippen molar-refractivity contribution in [3.05, 3.63) is 53.1 Å². The largest absolute Gasteiger partial charge is 0.486 e. The molecule has 2 aromatic rings. The molecule has 1 unspecified atom stereocenters. The Morgan fingerprint density at radius 3 is 2.75 bits per heavy atom. The van der Waals surface area contributed by atoms with Gasteiger partial charge in [-0.3, -0.25) is 9.59 Å². The number of carbonyl (C=O) groups excluding carboxylic acids is 2. The molecule has 0 saturated heterocycles. The molecule has 8 heteroatoms. The van der Waals surface area contributed by atoms with E-state index < -0.39 is 18.0 Å². The van der Waals surface area contributed by atoms with Gasteiger partial charge < -0.3 is 19.5 Å². The van der Waals surface area contributed by atoms with Crippen LogP contribution in [-0.2, 0) is 20.1 Å². The van der Waals surface area contributed by atoms with Gasteiger partial charge in [0.1, 0.15) is 13.2 Å². The van der Waals surface area contributed by atoms with E-state index in [0.29, 0.717) is 41.2 Å². The number of hydrogen-bond donors (Lipinski definition) is 1. The second-order valence-corrected chi connectivity index (χ2v) is 7.52. The normalized spacial score (nSPS) is 13.5. The zero-order valence-corrected chi connectivity index (χ0v) is 16.8. The van der Waals surface area contributed by atoms with E-state index in [1.807, 2.05) is 18.2 Å². The molecule has 28 heavy (non-hydrogen) atoms. The van der Waals surface area contributed by atoms with Gasteiger partial charge in [-0.25, -0.2) is 0 Å². The zero-order chi connectivity index (χ0) is 19.9. The van der Waals surface area contributed by atoms with Gasteiger partial charge in [0.15, 0.2) is 17.6 Å². The van der Waals surface area contributed by atoms with E-state index in [2.05, 4.69) is 5.32 Å². The molecule has 0 bridgehead atoms. The van der Waals surface area contributed by atoms with Crippen molar-refractivity contribution in [2.45, 2.75) is 18.8 Å². The van der Waals surface area contributed by atoms with Gasteiger partial charge in [0.2, 0.25) is 0 Å². The number of carbonyl (C=O) groups is 2. The summed E-state index contributed by atoms with van der Waals surface area (Å²) in [6.07, 6.45) is -0.910. The highest BCUT2D eigenvalue weighted by molar-refractivity contribution is 7.99. The average molecular weight is 422 g/mol. The van der Waals surface area contributed by atoms with Crippen LogP contribution in [0.5, 0.6) is 11.5 Å². The van der Waals surface area contributed by atoms with E-state index in [-0.39, 0.29) is 5.75 Å². The van der Waals surface area contributed by atoms with Crippen LogP contribution in [0.15, 0.2) is 42.5 Å². The summed E-state index contributed by atoms with van der Waals surface area (Å²) in [4.78, 5) is 24.2. The number of nitrogens with one attached hydrogen (secondary N) is 1. The highest BCUT2D eigenvalue weighted by Crippen LogP contribution is 2.32. The van der Waals surface area contributed by atoms with Gasteiger partial charge in [-0.2, -0.15) is 0 Å². The molecule has 0 fully saturated rings. The van der Waals surface area contributed by atoms with E-state index >= 15 is 0 Å². The fraction of sp³-hybridized carbons (Fsp3) is 0.300. The van der Waals surface area contributed by atoms with Gasteiger partial charge in [0.05, 0.1) is 5.75 Å². The highest BCUT2D eigenvalue weighted by atomic mass is 35.5. The number of halogens is 1. The first-order valence-corrected chi connectivity index (χ1v) is 10.3. The van der Waals surface area contributed by atoms with Gasteiger partial charge in [-0.15, -0.1) is 11.8 Å². The van der Waals surface area contributed by atoms with Gasteiger partial charge >= 0.3 is 5.97 Å². The van der Waals surface area contributed by atoms with Crippen LogP contribution in [0.2, 0.25) is 5.02 Å². The molecule has 1 aliphatic rings. The maximum Gasteiger partial charge on any atom is 0.316 e. The quantitative estimate of drug-likeness (QED) is 0.683. The first-order valence-electron chi connectivity index (χ1n) is 8.73. The van der Waals surface area contributed by atoms with E-state index in [0.717, 1.165) is 5.56 Å². The summed E-state index contributed by atoms with van der Waals surface area (Å²) in [6.45, 7) is 2.50. The Kier molecular flexibility index (Phi) is 7.06. The van der Waals surface area contributed by atoms with Crippen LogP contribution in [0, 0.1) is 0 Å². The molecule has 148 valence electrons. The van der Waals surface area contributed by atoms with Crippen molar-refractivity contribution in [1.82, 2.24) is 0 Å². The lowest BCUT2D eigenvalue weighted by atomic mass is 10.2. The van der Waals surface area contributed by atoms with Crippen molar-refractivity contribution >= 4 is 40.9 Å². The predicted octanol–water partition coefficient (Wildman–Crippen LogP) is 3.91. The average Bonchev–Trinajstić information content (AvgIpc) is 2.68. The Hall–Kier alpha value is -2.38. The molecule has 0 aromatic heterocycles. The monoisotopic (exact) mass is 421 g/mol. The molecule has 0 saturated carbocycles. The van der Waals surface area contributed by atoms with Gasteiger partial charge in [0.25, 0.3) is 5.91 Å². The fourth-order valence-corrected chi connectivity index (χ4v) is 3.49. The summed E-state index contributed by atoms with van der Waals surface area (Å²) in [5.74, 6) is 1.13. The summed E-state index contributed by atoms with van der Waals surface area (Å²) in [5.41, 5.74) is 1.57. The van der Waals surface area contributed by atoms with Crippen LogP contribution in [-0.4, -0.2) is 36.9 Å². The van der Waals surface area contributed by atoms with Gasteiger partial charge in [-0.05, 0) is 36.8 Å². The number of esters is 1. The molecular formula is C20H20ClNO5S.